The van der Waals surface area contributed by atoms with Crippen LogP contribution in [0.1, 0.15) is 63.0 Å². The first kappa shape index (κ1) is 16.5. The SMILES string of the molecule is CCCCCCCCC1Cc2cc(B(O)O)cc(F)c2C1. The van der Waals surface area contributed by atoms with Gasteiger partial charge in [-0.25, -0.2) is 4.39 Å². The number of hydrogen-bond acceptors (Lipinski definition) is 2. The van der Waals surface area contributed by atoms with Crippen LogP contribution >= 0.6 is 0 Å². The molecule has 0 saturated carbocycles. The largest absolute Gasteiger partial charge is 0.488 e. The molecule has 0 saturated heterocycles. The predicted molar refractivity (Wildman–Crippen MR) is 85.1 cm³/mol. The number of halogens is 1. The van der Waals surface area contributed by atoms with Gasteiger partial charge < -0.3 is 10.0 Å². The minimum absolute atomic E-state index is 0.270. The Balaban J connectivity index is 1.81. The highest BCUT2D eigenvalue weighted by atomic mass is 19.1. The van der Waals surface area contributed by atoms with E-state index < -0.39 is 7.12 Å². The number of fused-ring (bicyclic) bond motifs is 1. The number of rotatable bonds is 8. The lowest BCUT2D eigenvalue weighted by Crippen LogP contribution is -2.30. The van der Waals surface area contributed by atoms with Gasteiger partial charge in [-0.3, -0.25) is 0 Å². The van der Waals surface area contributed by atoms with Crippen LogP contribution in [0.5, 0.6) is 0 Å². The summed E-state index contributed by atoms with van der Waals surface area (Å²) in [4.78, 5) is 0. The zero-order chi connectivity index (χ0) is 15.2. The van der Waals surface area contributed by atoms with Crippen molar-refractivity contribution in [1.29, 1.82) is 0 Å². The molecular weight excluding hydrogens is 266 g/mol. The summed E-state index contributed by atoms with van der Waals surface area (Å²) in [6.45, 7) is 2.22. The minimum atomic E-state index is -1.58. The van der Waals surface area contributed by atoms with Crippen molar-refractivity contribution in [2.24, 2.45) is 5.92 Å². The molecule has 0 fully saturated rings. The molecule has 0 amide bonds. The van der Waals surface area contributed by atoms with E-state index in [0.29, 0.717) is 5.92 Å². The second-order valence-electron chi connectivity index (χ2n) is 6.34. The summed E-state index contributed by atoms with van der Waals surface area (Å²) in [5, 5.41) is 18.4. The number of unbranched alkanes of at least 4 members (excludes halogenated alkanes) is 5. The van der Waals surface area contributed by atoms with Crippen LogP contribution in [0.15, 0.2) is 12.1 Å². The van der Waals surface area contributed by atoms with E-state index in [1.807, 2.05) is 0 Å². The molecule has 2 rings (SSSR count). The summed E-state index contributed by atoms with van der Waals surface area (Å²) in [5.41, 5.74) is 2.02. The summed E-state index contributed by atoms with van der Waals surface area (Å²) in [6, 6.07) is 3.01. The van der Waals surface area contributed by atoms with Gasteiger partial charge >= 0.3 is 7.12 Å². The molecule has 1 aromatic rings. The van der Waals surface area contributed by atoms with Crippen LogP contribution in [-0.4, -0.2) is 17.2 Å². The van der Waals surface area contributed by atoms with Crippen LogP contribution in [0, 0.1) is 11.7 Å². The molecule has 116 valence electrons. The molecule has 2 N–H and O–H groups in total. The molecule has 0 radical (unpaired) electrons. The fourth-order valence-corrected chi connectivity index (χ4v) is 3.37. The lowest BCUT2D eigenvalue weighted by molar-refractivity contribution is 0.425. The lowest BCUT2D eigenvalue weighted by atomic mass is 9.79. The van der Waals surface area contributed by atoms with Gasteiger partial charge in [0, 0.05) is 0 Å². The minimum Gasteiger partial charge on any atom is -0.423 e. The van der Waals surface area contributed by atoms with Crippen LogP contribution in [0.3, 0.4) is 0 Å². The van der Waals surface area contributed by atoms with Crippen LogP contribution in [-0.2, 0) is 12.8 Å². The third-order valence-electron chi connectivity index (χ3n) is 4.58. The molecule has 1 aromatic carbocycles. The molecule has 0 aromatic heterocycles. The van der Waals surface area contributed by atoms with Gasteiger partial charge in [-0.15, -0.1) is 0 Å². The Kier molecular flexibility index (Phi) is 6.25. The normalized spacial score (nSPS) is 17.0. The van der Waals surface area contributed by atoms with E-state index in [2.05, 4.69) is 6.92 Å². The Morgan fingerprint density at radius 3 is 2.52 bits per heavy atom. The highest BCUT2D eigenvalue weighted by Crippen LogP contribution is 2.31. The molecule has 1 aliphatic carbocycles. The van der Waals surface area contributed by atoms with Crippen molar-refractivity contribution in [2.45, 2.75) is 64.7 Å². The van der Waals surface area contributed by atoms with Gasteiger partial charge in [-0.2, -0.15) is 0 Å². The average Bonchev–Trinajstić information content (AvgIpc) is 2.86. The third-order valence-corrected chi connectivity index (χ3v) is 4.58. The number of hydrogen-bond donors (Lipinski definition) is 2. The first-order valence-corrected chi connectivity index (χ1v) is 8.29. The average molecular weight is 292 g/mol. The van der Waals surface area contributed by atoms with Gasteiger partial charge in [0.05, 0.1) is 0 Å². The molecule has 0 bridgehead atoms. The highest BCUT2D eigenvalue weighted by molar-refractivity contribution is 6.58. The van der Waals surface area contributed by atoms with Gasteiger partial charge in [-0.05, 0) is 47.8 Å². The van der Waals surface area contributed by atoms with Crippen molar-refractivity contribution in [2.75, 3.05) is 0 Å². The van der Waals surface area contributed by atoms with Crippen molar-refractivity contribution in [3.63, 3.8) is 0 Å². The zero-order valence-corrected chi connectivity index (χ0v) is 12.9. The first-order chi connectivity index (χ1) is 10.1. The maximum Gasteiger partial charge on any atom is 0.488 e. The molecule has 21 heavy (non-hydrogen) atoms. The van der Waals surface area contributed by atoms with Crippen LogP contribution in [0.2, 0.25) is 0 Å². The van der Waals surface area contributed by atoms with E-state index in [4.69, 9.17) is 0 Å². The topological polar surface area (TPSA) is 40.5 Å². The monoisotopic (exact) mass is 292 g/mol. The summed E-state index contributed by atoms with van der Waals surface area (Å²) < 4.78 is 14.0. The smallest absolute Gasteiger partial charge is 0.423 e. The van der Waals surface area contributed by atoms with Crippen LogP contribution in [0.25, 0.3) is 0 Å². The van der Waals surface area contributed by atoms with E-state index in [9.17, 15) is 14.4 Å². The van der Waals surface area contributed by atoms with Gasteiger partial charge in [0.1, 0.15) is 5.82 Å². The molecule has 0 aliphatic heterocycles. The lowest BCUT2D eigenvalue weighted by Gasteiger charge is -2.08. The van der Waals surface area contributed by atoms with E-state index in [0.717, 1.165) is 30.4 Å². The molecule has 0 heterocycles. The van der Waals surface area contributed by atoms with Crippen LogP contribution in [0.4, 0.5) is 4.39 Å². The summed E-state index contributed by atoms with van der Waals surface area (Å²) in [6.07, 6.45) is 10.6. The summed E-state index contributed by atoms with van der Waals surface area (Å²) >= 11 is 0. The van der Waals surface area contributed by atoms with E-state index in [1.54, 1.807) is 6.07 Å². The third kappa shape index (κ3) is 4.55. The van der Waals surface area contributed by atoms with Gasteiger partial charge in [-0.1, -0.05) is 51.5 Å². The molecule has 2 nitrogen and oxygen atoms in total. The summed E-state index contributed by atoms with van der Waals surface area (Å²) in [5.74, 6) is 0.243. The fraction of sp³-hybridized carbons (Fsp3) is 0.647. The standard InChI is InChI=1S/C17H26BFO2/c1-2-3-4-5-6-7-8-13-9-14-11-15(18(20)21)12-17(19)16(14)10-13/h11-13,20-21H,2-10H2,1H3. The molecule has 4 heteroatoms. The Morgan fingerprint density at radius 1 is 1.10 bits per heavy atom. The Labute approximate surface area is 127 Å². The van der Waals surface area contributed by atoms with Crippen molar-refractivity contribution in [3.05, 3.63) is 29.1 Å². The van der Waals surface area contributed by atoms with E-state index >= 15 is 0 Å². The van der Waals surface area contributed by atoms with Gasteiger partial charge in [0.25, 0.3) is 0 Å². The zero-order valence-electron chi connectivity index (χ0n) is 12.9. The second-order valence-corrected chi connectivity index (χ2v) is 6.34. The number of benzene rings is 1. The van der Waals surface area contributed by atoms with Crippen LogP contribution < -0.4 is 5.46 Å². The molecule has 1 atom stereocenters. The van der Waals surface area contributed by atoms with Crippen molar-refractivity contribution < 1.29 is 14.4 Å². The van der Waals surface area contributed by atoms with Crippen molar-refractivity contribution in [1.82, 2.24) is 0 Å². The maximum absolute atomic E-state index is 14.0. The maximum atomic E-state index is 14.0. The van der Waals surface area contributed by atoms with E-state index in [1.165, 1.54) is 44.6 Å². The molecule has 1 unspecified atom stereocenters. The highest BCUT2D eigenvalue weighted by Gasteiger charge is 2.26. The Hall–Kier alpha value is -0.865. The predicted octanol–water partition coefficient (Wildman–Crippen LogP) is 2.97. The van der Waals surface area contributed by atoms with Gasteiger partial charge in [0.15, 0.2) is 0 Å². The molecule has 0 spiro atoms. The summed E-state index contributed by atoms with van der Waals surface area (Å²) in [7, 11) is -1.58. The van der Waals surface area contributed by atoms with Gasteiger partial charge in [0.2, 0.25) is 0 Å². The van der Waals surface area contributed by atoms with Crippen molar-refractivity contribution in [3.8, 4) is 0 Å². The quantitative estimate of drug-likeness (QED) is 0.571. The molecule has 1 aliphatic rings. The second kappa shape index (κ2) is 7.95. The Morgan fingerprint density at radius 2 is 1.81 bits per heavy atom. The van der Waals surface area contributed by atoms with E-state index in [-0.39, 0.29) is 11.3 Å². The Bertz CT molecular complexity index is 462. The fourth-order valence-electron chi connectivity index (χ4n) is 3.37. The first-order valence-electron chi connectivity index (χ1n) is 8.29. The van der Waals surface area contributed by atoms with Crippen molar-refractivity contribution >= 4 is 12.6 Å². The molecular formula is C17H26BFO2.